The number of nitro groups is 1. The molecule has 12 heteroatoms. The molecule has 0 spiro atoms. The highest BCUT2D eigenvalue weighted by Crippen LogP contribution is 2.39. The summed E-state index contributed by atoms with van der Waals surface area (Å²) in [6.45, 7) is 0.695. The number of furan rings is 1. The lowest BCUT2D eigenvalue weighted by Crippen LogP contribution is -2.26. The number of nitrogens with one attached hydrogen (secondary N) is 2. The van der Waals surface area contributed by atoms with E-state index in [2.05, 4.69) is 42.0 Å². The number of benzene rings is 1. The maximum absolute atomic E-state index is 13.6. The molecule has 1 heterocycles. The Balaban J connectivity index is 2.15. The van der Waals surface area contributed by atoms with Crippen molar-refractivity contribution in [2.24, 2.45) is 0 Å². The molecule has 0 aliphatic heterocycles. The molecule has 0 aliphatic carbocycles. The molecule has 25 heavy (non-hydrogen) atoms. The average molecular weight is 503 g/mol. The molecule has 0 fully saturated rings. The van der Waals surface area contributed by atoms with Crippen LogP contribution in [0.1, 0.15) is 5.76 Å². The summed E-state index contributed by atoms with van der Waals surface area (Å²) in [5.41, 5.74) is -0.513. The van der Waals surface area contributed by atoms with Gasteiger partial charge in [-0.05, 0) is 12.1 Å². The number of nitrogens with zero attached hydrogens (tertiary/aromatic N) is 1. The second-order valence-electron chi connectivity index (χ2n) is 4.83. The van der Waals surface area contributed by atoms with Gasteiger partial charge in [0.2, 0.25) is 5.82 Å². The molecule has 1 aromatic heterocycles. The number of alkyl halides is 2. The number of rotatable bonds is 10. The van der Waals surface area contributed by atoms with E-state index in [1.165, 1.54) is 6.07 Å². The largest absolute Gasteiger partial charge is 0.458 e. The first-order valence-electron chi connectivity index (χ1n) is 7.11. The Morgan fingerprint density at radius 3 is 2.44 bits per heavy atom. The third-order valence-electron chi connectivity index (χ3n) is 3.05. The summed E-state index contributed by atoms with van der Waals surface area (Å²) >= 11 is 6.46. The highest BCUT2D eigenvalue weighted by atomic mass is 79.9. The molecule has 0 atom stereocenters. The van der Waals surface area contributed by atoms with Crippen LogP contribution in [0.2, 0.25) is 0 Å². The standard InChI is InChI=1S/C13H15Br2FN3O5P/c14-1-3-17-25(22,18-4-2-15)23-8-10-5-9-6-11(16)12(19(20)21)7-13(9)24-10/h5-7H,1-4,8H2,(H2,17,18,22). The fourth-order valence-corrected chi connectivity index (χ4v) is 4.42. The van der Waals surface area contributed by atoms with Crippen LogP contribution >= 0.6 is 39.5 Å². The second kappa shape index (κ2) is 9.20. The van der Waals surface area contributed by atoms with Crippen molar-refractivity contribution in [3.63, 3.8) is 0 Å². The quantitative estimate of drug-likeness (QED) is 0.218. The van der Waals surface area contributed by atoms with Crippen molar-refractivity contribution in [3.05, 3.63) is 39.9 Å². The minimum absolute atomic E-state index is 0.147. The lowest BCUT2D eigenvalue weighted by Gasteiger charge is -2.19. The van der Waals surface area contributed by atoms with Crippen molar-refractivity contribution in [1.82, 2.24) is 10.2 Å². The molecule has 8 nitrogen and oxygen atoms in total. The van der Waals surface area contributed by atoms with Gasteiger partial charge in [0, 0.05) is 29.1 Å². The molecule has 0 saturated carbocycles. The van der Waals surface area contributed by atoms with Crippen LogP contribution in [0.15, 0.2) is 22.6 Å². The van der Waals surface area contributed by atoms with Crippen molar-refractivity contribution < 1.29 is 22.8 Å². The maximum Gasteiger partial charge on any atom is 0.341 e. The van der Waals surface area contributed by atoms with Crippen LogP contribution in [0.25, 0.3) is 11.0 Å². The maximum atomic E-state index is 13.6. The first kappa shape index (κ1) is 20.5. The van der Waals surface area contributed by atoms with Gasteiger partial charge in [-0.3, -0.25) is 19.2 Å². The Kier molecular flexibility index (Phi) is 7.53. The Labute approximate surface area is 159 Å². The van der Waals surface area contributed by atoms with Crippen LogP contribution in [0.3, 0.4) is 0 Å². The van der Waals surface area contributed by atoms with Crippen LogP contribution in [-0.4, -0.2) is 28.7 Å². The Morgan fingerprint density at radius 2 is 1.88 bits per heavy atom. The third-order valence-corrected chi connectivity index (χ3v) is 5.62. The van der Waals surface area contributed by atoms with Crippen LogP contribution in [0.5, 0.6) is 0 Å². The molecule has 0 saturated heterocycles. The summed E-state index contributed by atoms with van der Waals surface area (Å²) in [5.74, 6) is -0.675. The Hall–Kier alpha value is -0.840. The predicted molar refractivity (Wildman–Crippen MR) is 98.8 cm³/mol. The summed E-state index contributed by atoms with van der Waals surface area (Å²) in [6.07, 6.45) is 0. The van der Waals surface area contributed by atoms with Crippen LogP contribution in [-0.2, 0) is 15.7 Å². The molecule has 2 N–H and O–H groups in total. The topological polar surface area (TPSA) is 107 Å². The van der Waals surface area contributed by atoms with Crippen LogP contribution < -0.4 is 10.2 Å². The molecule has 2 aromatic rings. The van der Waals surface area contributed by atoms with Crippen molar-refractivity contribution in [1.29, 1.82) is 0 Å². The van der Waals surface area contributed by atoms with Crippen molar-refractivity contribution in [2.45, 2.75) is 6.61 Å². The van der Waals surface area contributed by atoms with Gasteiger partial charge in [-0.2, -0.15) is 4.39 Å². The second-order valence-corrected chi connectivity index (χ2v) is 8.41. The first-order chi connectivity index (χ1) is 11.9. The van der Waals surface area contributed by atoms with Crippen molar-refractivity contribution in [3.8, 4) is 0 Å². The lowest BCUT2D eigenvalue weighted by atomic mass is 10.2. The van der Waals surface area contributed by atoms with Gasteiger partial charge in [0.05, 0.1) is 11.0 Å². The monoisotopic (exact) mass is 501 g/mol. The van der Waals surface area contributed by atoms with Crippen molar-refractivity contribution in [2.75, 3.05) is 23.7 Å². The summed E-state index contributed by atoms with van der Waals surface area (Å²) in [7, 11) is -3.30. The van der Waals surface area contributed by atoms with E-state index in [9.17, 15) is 19.1 Å². The van der Waals surface area contributed by atoms with Gasteiger partial charge in [-0.25, -0.2) is 10.2 Å². The minimum Gasteiger partial charge on any atom is -0.458 e. The molecule has 0 amide bonds. The van der Waals surface area contributed by atoms with Gasteiger partial charge in [-0.1, -0.05) is 31.9 Å². The molecule has 0 aliphatic rings. The van der Waals surface area contributed by atoms with Crippen LogP contribution in [0.4, 0.5) is 10.1 Å². The molecule has 0 radical (unpaired) electrons. The number of fused-ring (bicyclic) bond motifs is 1. The first-order valence-corrected chi connectivity index (χ1v) is 11.0. The van der Waals surface area contributed by atoms with E-state index in [-0.39, 0.29) is 18.0 Å². The fourth-order valence-electron chi connectivity index (χ4n) is 2.00. The SMILES string of the molecule is O=[N+]([O-])c1cc2oc(COP(=O)(NCCBr)NCCBr)cc2cc1F. The van der Waals surface area contributed by atoms with Gasteiger partial charge < -0.3 is 4.42 Å². The van der Waals surface area contributed by atoms with E-state index in [0.29, 0.717) is 29.1 Å². The zero-order chi connectivity index (χ0) is 18.4. The molecular formula is C13H15Br2FN3O5P. The van der Waals surface area contributed by atoms with E-state index in [0.717, 1.165) is 12.1 Å². The third kappa shape index (κ3) is 5.57. The van der Waals surface area contributed by atoms with Gasteiger partial charge >= 0.3 is 13.4 Å². The molecule has 0 bridgehead atoms. The van der Waals surface area contributed by atoms with Gasteiger partial charge in [0.25, 0.3) is 0 Å². The minimum atomic E-state index is -3.30. The summed E-state index contributed by atoms with van der Waals surface area (Å²) in [6, 6.07) is 3.52. The summed E-state index contributed by atoms with van der Waals surface area (Å²) in [5, 5.41) is 17.9. The van der Waals surface area contributed by atoms with Gasteiger partial charge in [0.1, 0.15) is 18.0 Å². The normalized spacial score (nSPS) is 12.0. The van der Waals surface area contributed by atoms with Crippen LogP contribution in [0, 0.1) is 15.9 Å². The molecule has 2 rings (SSSR count). The predicted octanol–water partition coefficient (Wildman–Crippen LogP) is 4.07. The number of hydrogen-bond acceptors (Lipinski definition) is 5. The van der Waals surface area contributed by atoms with Gasteiger partial charge in [0.15, 0.2) is 0 Å². The Bertz CT molecular complexity index is 791. The number of nitro benzene ring substituents is 1. The highest BCUT2D eigenvalue weighted by Gasteiger charge is 2.23. The number of halogens is 3. The summed E-state index contributed by atoms with van der Waals surface area (Å²) < 4.78 is 37.1. The van der Waals surface area contributed by atoms with E-state index < -0.39 is 24.1 Å². The molecule has 138 valence electrons. The highest BCUT2D eigenvalue weighted by molar-refractivity contribution is 9.09. The number of hydrogen-bond donors (Lipinski definition) is 2. The zero-order valence-corrected chi connectivity index (χ0v) is 16.9. The van der Waals surface area contributed by atoms with E-state index in [1.807, 2.05) is 0 Å². The van der Waals surface area contributed by atoms with Crippen molar-refractivity contribution >= 4 is 56.2 Å². The fraction of sp³-hybridized carbons (Fsp3) is 0.385. The van der Waals surface area contributed by atoms with Gasteiger partial charge in [-0.15, -0.1) is 0 Å². The van der Waals surface area contributed by atoms with E-state index >= 15 is 0 Å². The molecule has 1 aromatic carbocycles. The zero-order valence-electron chi connectivity index (χ0n) is 12.8. The Morgan fingerprint density at radius 1 is 1.24 bits per heavy atom. The van der Waals surface area contributed by atoms with E-state index in [4.69, 9.17) is 8.94 Å². The summed E-state index contributed by atoms with van der Waals surface area (Å²) in [4.78, 5) is 9.94. The smallest absolute Gasteiger partial charge is 0.341 e. The molecular weight excluding hydrogens is 488 g/mol. The average Bonchev–Trinajstić information content (AvgIpc) is 2.97. The van der Waals surface area contributed by atoms with E-state index in [1.54, 1.807) is 0 Å². The lowest BCUT2D eigenvalue weighted by molar-refractivity contribution is -0.387. The molecule has 0 unspecified atom stereocenters.